The lowest BCUT2D eigenvalue weighted by molar-refractivity contribution is -0.116. The molecule has 1 aromatic carbocycles. The van der Waals surface area contributed by atoms with Crippen LogP contribution in [0, 0.1) is 0 Å². The maximum absolute atomic E-state index is 11.5. The Balaban J connectivity index is 2.29. The maximum Gasteiger partial charge on any atom is 0.244 e. The summed E-state index contributed by atoms with van der Waals surface area (Å²) in [5, 5.41) is 12.1. The summed E-state index contributed by atoms with van der Waals surface area (Å²) in [5.41, 5.74) is 7.16. The van der Waals surface area contributed by atoms with Crippen LogP contribution in [0.2, 0.25) is 0 Å². The van der Waals surface area contributed by atoms with Crippen molar-refractivity contribution in [2.45, 2.75) is 12.5 Å². The highest BCUT2D eigenvalue weighted by Gasteiger charge is 2.03. The van der Waals surface area contributed by atoms with Gasteiger partial charge in [0.25, 0.3) is 0 Å². The lowest BCUT2D eigenvalue weighted by Crippen LogP contribution is -2.27. The Morgan fingerprint density at radius 2 is 2.16 bits per heavy atom. The van der Waals surface area contributed by atoms with Gasteiger partial charge in [-0.05, 0) is 30.2 Å². The zero-order valence-corrected chi connectivity index (χ0v) is 11.0. The second-order valence-electron chi connectivity index (χ2n) is 4.19. The number of nitrogens with one attached hydrogen (secondary N) is 1. The molecule has 0 aromatic heterocycles. The molecule has 5 heteroatoms. The summed E-state index contributed by atoms with van der Waals surface area (Å²) in [4.78, 5) is 11.5. The van der Waals surface area contributed by atoms with Crippen LogP contribution >= 0.6 is 0 Å². The van der Waals surface area contributed by atoms with Gasteiger partial charge in [0.1, 0.15) is 0 Å². The SMILES string of the molecule is COCC(O)CCNC(=O)/C=C/c1ccc(N)cc1. The normalized spacial score (nSPS) is 12.5. The maximum atomic E-state index is 11.5. The second-order valence-corrected chi connectivity index (χ2v) is 4.19. The van der Waals surface area contributed by atoms with Crippen molar-refractivity contribution in [2.24, 2.45) is 0 Å². The number of anilines is 1. The van der Waals surface area contributed by atoms with Crippen LogP contribution in [0.1, 0.15) is 12.0 Å². The minimum atomic E-state index is -0.550. The van der Waals surface area contributed by atoms with E-state index in [9.17, 15) is 9.90 Å². The number of aliphatic hydroxyl groups excluding tert-OH is 1. The van der Waals surface area contributed by atoms with Crippen molar-refractivity contribution >= 4 is 17.7 Å². The summed E-state index contributed by atoms with van der Waals surface area (Å²) in [6.07, 6.45) is 3.08. The first kappa shape index (κ1) is 15.2. The zero-order chi connectivity index (χ0) is 14.1. The number of amides is 1. The molecular formula is C14H20N2O3. The van der Waals surface area contributed by atoms with Crippen LogP contribution < -0.4 is 11.1 Å². The van der Waals surface area contributed by atoms with E-state index in [1.165, 1.54) is 13.2 Å². The van der Waals surface area contributed by atoms with Crippen molar-refractivity contribution in [1.82, 2.24) is 5.32 Å². The van der Waals surface area contributed by atoms with E-state index in [0.717, 1.165) is 5.56 Å². The molecule has 0 bridgehead atoms. The predicted molar refractivity (Wildman–Crippen MR) is 75.4 cm³/mol. The van der Waals surface area contributed by atoms with E-state index in [4.69, 9.17) is 10.5 Å². The fourth-order valence-electron chi connectivity index (χ4n) is 1.48. The zero-order valence-electron chi connectivity index (χ0n) is 11.0. The lowest BCUT2D eigenvalue weighted by atomic mass is 10.2. The second kappa shape index (κ2) is 8.29. The van der Waals surface area contributed by atoms with Gasteiger partial charge in [-0.15, -0.1) is 0 Å². The molecule has 1 unspecified atom stereocenters. The minimum Gasteiger partial charge on any atom is -0.399 e. The average molecular weight is 264 g/mol. The van der Waals surface area contributed by atoms with Crippen LogP contribution in [0.3, 0.4) is 0 Å². The number of nitrogens with two attached hydrogens (primary N) is 1. The number of hydrogen-bond acceptors (Lipinski definition) is 4. The summed E-state index contributed by atoms with van der Waals surface area (Å²) in [6.45, 7) is 0.687. The molecule has 0 aliphatic carbocycles. The number of aliphatic hydroxyl groups is 1. The predicted octanol–water partition coefficient (Wildman–Crippen LogP) is 0.796. The summed E-state index contributed by atoms with van der Waals surface area (Å²) in [5.74, 6) is -0.193. The highest BCUT2D eigenvalue weighted by atomic mass is 16.5. The van der Waals surface area contributed by atoms with E-state index >= 15 is 0 Å². The van der Waals surface area contributed by atoms with Gasteiger partial charge < -0.3 is 20.9 Å². The first-order chi connectivity index (χ1) is 9.11. The van der Waals surface area contributed by atoms with Gasteiger partial charge in [0.05, 0.1) is 12.7 Å². The standard InChI is InChI=1S/C14H20N2O3/c1-19-10-13(17)8-9-16-14(18)7-4-11-2-5-12(15)6-3-11/h2-7,13,17H,8-10,15H2,1H3,(H,16,18)/b7-4+. The molecule has 1 amide bonds. The van der Waals surface area contributed by atoms with Crippen molar-refractivity contribution in [3.63, 3.8) is 0 Å². The van der Waals surface area contributed by atoms with Gasteiger partial charge in [-0.25, -0.2) is 0 Å². The molecule has 0 aliphatic rings. The molecule has 4 N–H and O–H groups in total. The third-order valence-corrected chi connectivity index (χ3v) is 2.50. The molecule has 0 spiro atoms. The van der Waals surface area contributed by atoms with E-state index in [1.807, 2.05) is 12.1 Å². The topological polar surface area (TPSA) is 84.6 Å². The molecule has 19 heavy (non-hydrogen) atoms. The molecule has 0 heterocycles. The van der Waals surface area contributed by atoms with Crippen molar-refractivity contribution in [3.8, 4) is 0 Å². The molecule has 0 radical (unpaired) electrons. The van der Waals surface area contributed by atoms with Crippen LogP contribution in [0.4, 0.5) is 5.69 Å². The Morgan fingerprint density at radius 3 is 2.79 bits per heavy atom. The van der Waals surface area contributed by atoms with E-state index in [0.29, 0.717) is 18.7 Å². The number of ether oxygens (including phenoxy) is 1. The Hall–Kier alpha value is -1.85. The van der Waals surface area contributed by atoms with Crippen LogP contribution in [0.25, 0.3) is 6.08 Å². The summed E-state index contributed by atoms with van der Waals surface area (Å²) >= 11 is 0. The summed E-state index contributed by atoms with van der Waals surface area (Å²) < 4.78 is 4.79. The smallest absolute Gasteiger partial charge is 0.244 e. The van der Waals surface area contributed by atoms with Gasteiger partial charge in [-0.2, -0.15) is 0 Å². The summed E-state index contributed by atoms with van der Waals surface area (Å²) in [7, 11) is 1.52. The van der Waals surface area contributed by atoms with Crippen LogP contribution in [-0.4, -0.2) is 37.4 Å². The molecule has 0 saturated carbocycles. The average Bonchev–Trinajstić information content (AvgIpc) is 2.38. The molecule has 1 aromatic rings. The van der Waals surface area contributed by atoms with Gasteiger partial charge in [0.2, 0.25) is 5.91 Å². The van der Waals surface area contributed by atoms with Gasteiger partial charge in [-0.3, -0.25) is 4.79 Å². The molecule has 1 atom stereocenters. The first-order valence-electron chi connectivity index (χ1n) is 6.10. The number of carbonyl (C=O) groups excluding carboxylic acids is 1. The third kappa shape index (κ3) is 6.59. The lowest BCUT2D eigenvalue weighted by Gasteiger charge is -2.08. The molecule has 5 nitrogen and oxygen atoms in total. The highest BCUT2D eigenvalue weighted by Crippen LogP contribution is 2.06. The molecule has 0 aliphatic heterocycles. The number of methoxy groups -OCH3 is 1. The van der Waals surface area contributed by atoms with Crippen molar-refractivity contribution in [3.05, 3.63) is 35.9 Å². The first-order valence-corrected chi connectivity index (χ1v) is 6.10. The Morgan fingerprint density at radius 1 is 1.47 bits per heavy atom. The molecule has 104 valence electrons. The molecule has 0 fully saturated rings. The Labute approximate surface area is 113 Å². The van der Waals surface area contributed by atoms with E-state index in [1.54, 1.807) is 18.2 Å². The number of carbonyl (C=O) groups is 1. The Bertz CT molecular complexity index is 415. The van der Waals surface area contributed by atoms with Crippen LogP contribution in [0.5, 0.6) is 0 Å². The summed E-state index contributed by atoms with van der Waals surface area (Å²) in [6, 6.07) is 7.22. The molecule has 0 saturated heterocycles. The quantitative estimate of drug-likeness (QED) is 0.502. The van der Waals surface area contributed by atoms with Gasteiger partial charge in [0.15, 0.2) is 0 Å². The molecular weight excluding hydrogens is 244 g/mol. The number of benzene rings is 1. The van der Waals surface area contributed by atoms with Crippen LogP contribution in [0.15, 0.2) is 30.3 Å². The minimum absolute atomic E-state index is 0.193. The fraction of sp³-hybridized carbons (Fsp3) is 0.357. The van der Waals surface area contributed by atoms with Crippen LogP contribution in [-0.2, 0) is 9.53 Å². The van der Waals surface area contributed by atoms with Crippen molar-refractivity contribution < 1.29 is 14.6 Å². The number of rotatable bonds is 7. The largest absolute Gasteiger partial charge is 0.399 e. The molecule has 1 rings (SSSR count). The monoisotopic (exact) mass is 264 g/mol. The van der Waals surface area contributed by atoms with E-state index in [2.05, 4.69) is 5.32 Å². The van der Waals surface area contributed by atoms with E-state index < -0.39 is 6.10 Å². The van der Waals surface area contributed by atoms with E-state index in [-0.39, 0.29) is 12.5 Å². The third-order valence-electron chi connectivity index (χ3n) is 2.50. The fourth-order valence-corrected chi connectivity index (χ4v) is 1.48. The van der Waals surface area contributed by atoms with Crippen molar-refractivity contribution in [1.29, 1.82) is 0 Å². The van der Waals surface area contributed by atoms with Gasteiger partial charge >= 0.3 is 0 Å². The number of nitrogen functional groups attached to an aromatic ring is 1. The Kier molecular flexibility index (Phi) is 6.63. The number of hydrogen-bond donors (Lipinski definition) is 3. The highest BCUT2D eigenvalue weighted by molar-refractivity contribution is 5.91. The van der Waals surface area contributed by atoms with Gasteiger partial charge in [0, 0.05) is 25.4 Å². The van der Waals surface area contributed by atoms with Gasteiger partial charge in [-0.1, -0.05) is 12.1 Å². The van der Waals surface area contributed by atoms with Crippen molar-refractivity contribution in [2.75, 3.05) is 26.0 Å².